The van der Waals surface area contributed by atoms with Gasteiger partial charge in [0, 0.05) is 12.2 Å². The van der Waals surface area contributed by atoms with E-state index in [0.29, 0.717) is 22.7 Å². The van der Waals surface area contributed by atoms with Gasteiger partial charge < -0.3 is 11.1 Å². The second kappa shape index (κ2) is 5.58. The second-order valence-corrected chi connectivity index (χ2v) is 5.39. The van der Waals surface area contributed by atoms with E-state index in [1.165, 1.54) is 32.1 Å². The monoisotopic (exact) mass is 253 g/mol. The van der Waals surface area contributed by atoms with E-state index in [1.807, 2.05) is 0 Å². The molecule has 1 saturated carbocycles. The molecule has 1 fully saturated rings. The Labute approximate surface area is 108 Å². The molecule has 2 atom stereocenters. The molecular formula is C13H20ClN3. The van der Waals surface area contributed by atoms with Gasteiger partial charge in [-0.2, -0.15) is 0 Å². The summed E-state index contributed by atoms with van der Waals surface area (Å²) in [5.41, 5.74) is 6.55. The number of nitrogens with one attached hydrogen (secondary N) is 1. The van der Waals surface area contributed by atoms with Crippen molar-refractivity contribution in [1.29, 1.82) is 0 Å². The molecule has 0 saturated heterocycles. The number of pyridine rings is 1. The standard InChI is InChI=1S/C13H20ClN3/c1-9-5-3-2-4-6-12(9)17-13-11(15)7-10(14)8-16-13/h7-9,12H,2-6,15H2,1H3,(H,16,17). The largest absolute Gasteiger partial charge is 0.396 e. The van der Waals surface area contributed by atoms with Gasteiger partial charge in [0.1, 0.15) is 5.82 Å². The number of nitrogen functional groups attached to an aromatic ring is 1. The van der Waals surface area contributed by atoms with Gasteiger partial charge in [-0.25, -0.2) is 4.98 Å². The minimum Gasteiger partial charge on any atom is -0.396 e. The predicted molar refractivity (Wildman–Crippen MR) is 73.3 cm³/mol. The highest BCUT2D eigenvalue weighted by molar-refractivity contribution is 6.30. The van der Waals surface area contributed by atoms with Crippen LogP contribution in [0.3, 0.4) is 0 Å². The lowest BCUT2D eigenvalue weighted by atomic mass is 9.97. The Morgan fingerprint density at radius 3 is 2.88 bits per heavy atom. The van der Waals surface area contributed by atoms with Gasteiger partial charge in [0.05, 0.1) is 10.7 Å². The Morgan fingerprint density at radius 1 is 1.35 bits per heavy atom. The van der Waals surface area contributed by atoms with Crippen LogP contribution in [0, 0.1) is 5.92 Å². The van der Waals surface area contributed by atoms with Crippen LogP contribution in [0.2, 0.25) is 5.02 Å². The maximum absolute atomic E-state index is 5.91. The van der Waals surface area contributed by atoms with Crippen molar-refractivity contribution in [1.82, 2.24) is 4.98 Å². The first-order chi connectivity index (χ1) is 8.16. The third-order valence-electron chi connectivity index (χ3n) is 3.57. The van der Waals surface area contributed by atoms with E-state index >= 15 is 0 Å². The fraction of sp³-hybridized carbons (Fsp3) is 0.615. The highest BCUT2D eigenvalue weighted by atomic mass is 35.5. The maximum atomic E-state index is 5.91. The lowest BCUT2D eigenvalue weighted by molar-refractivity contribution is 0.456. The molecule has 17 heavy (non-hydrogen) atoms. The molecule has 1 aliphatic rings. The fourth-order valence-electron chi connectivity index (χ4n) is 2.46. The molecule has 94 valence electrons. The van der Waals surface area contributed by atoms with Crippen molar-refractivity contribution in [2.45, 2.75) is 45.1 Å². The Balaban J connectivity index is 2.08. The first-order valence-corrected chi connectivity index (χ1v) is 6.72. The van der Waals surface area contributed by atoms with Gasteiger partial charge in [-0.15, -0.1) is 0 Å². The van der Waals surface area contributed by atoms with Crippen LogP contribution in [-0.2, 0) is 0 Å². The topological polar surface area (TPSA) is 50.9 Å². The summed E-state index contributed by atoms with van der Waals surface area (Å²) in [6.45, 7) is 2.30. The number of nitrogens with two attached hydrogens (primary N) is 1. The van der Waals surface area contributed by atoms with Crippen molar-refractivity contribution in [3.63, 3.8) is 0 Å². The van der Waals surface area contributed by atoms with Crippen molar-refractivity contribution in [2.24, 2.45) is 5.92 Å². The van der Waals surface area contributed by atoms with E-state index < -0.39 is 0 Å². The van der Waals surface area contributed by atoms with Crippen LogP contribution < -0.4 is 11.1 Å². The third kappa shape index (κ3) is 3.25. The van der Waals surface area contributed by atoms with Crippen molar-refractivity contribution in [2.75, 3.05) is 11.1 Å². The van der Waals surface area contributed by atoms with Crippen molar-refractivity contribution >= 4 is 23.1 Å². The van der Waals surface area contributed by atoms with Gasteiger partial charge in [0.2, 0.25) is 0 Å². The average Bonchev–Trinajstić information content (AvgIpc) is 2.48. The third-order valence-corrected chi connectivity index (χ3v) is 3.77. The van der Waals surface area contributed by atoms with Gasteiger partial charge >= 0.3 is 0 Å². The fourth-order valence-corrected chi connectivity index (χ4v) is 2.62. The van der Waals surface area contributed by atoms with Crippen molar-refractivity contribution in [3.05, 3.63) is 17.3 Å². The first-order valence-electron chi connectivity index (χ1n) is 6.34. The molecule has 1 aromatic heterocycles. The number of aromatic nitrogens is 1. The van der Waals surface area contributed by atoms with E-state index in [9.17, 15) is 0 Å². The summed E-state index contributed by atoms with van der Waals surface area (Å²) in [5.74, 6) is 1.45. The lowest BCUT2D eigenvalue weighted by Crippen LogP contribution is -2.27. The van der Waals surface area contributed by atoms with Crippen LogP contribution in [0.25, 0.3) is 0 Å². The minimum absolute atomic E-state index is 0.480. The minimum atomic E-state index is 0.480. The summed E-state index contributed by atoms with van der Waals surface area (Å²) in [4.78, 5) is 4.27. The molecule has 2 unspecified atom stereocenters. The van der Waals surface area contributed by atoms with Crippen LogP contribution in [-0.4, -0.2) is 11.0 Å². The molecule has 1 aliphatic carbocycles. The molecular weight excluding hydrogens is 234 g/mol. The number of hydrogen-bond acceptors (Lipinski definition) is 3. The number of anilines is 2. The summed E-state index contributed by atoms with van der Waals surface area (Å²) in [6, 6.07) is 2.23. The second-order valence-electron chi connectivity index (χ2n) is 4.96. The smallest absolute Gasteiger partial charge is 0.149 e. The quantitative estimate of drug-likeness (QED) is 0.791. The average molecular weight is 254 g/mol. The van der Waals surface area contributed by atoms with Crippen LogP contribution in [0.1, 0.15) is 39.0 Å². The van der Waals surface area contributed by atoms with Gasteiger partial charge in [-0.05, 0) is 24.8 Å². The molecule has 1 aromatic rings. The summed E-state index contributed by atoms with van der Waals surface area (Å²) in [7, 11) is 0. The number of halogens is 1. The zero-order chi connectivity index (χ0) is 12.3. The van der Waals surface area contributed by atoms with E-state index in [-0.39, 0.29) is 0 Å². The van der Waals surface area contributed by atoms with E-state index in [2.05, 4.69) is 17.2 Å². The van der Waals surface area contributed by atoms with Crippen LogP contribution in [0.4, 0.5) is 11.5 Å². The van der Waals surface area contributed by atoms with Crippen LogP contribution in [0.15, 0.2) is 12.3 Å². The lowest BCUT2D eigenvalue weighted by Gasteiger charge is -2.24. The van der Waals surface area contributed by atoms with E-state index in [0.717, 1.165) is 5.82 Å². The first kappa shape index (κ1) is 12.5. The van der Waals surface area contributed by atoms with Crippen molar-refractivity contribution < 1.29 is 0 Å². The van der Waals surface area contributed by atoms with Gasteiger partial charge in [-0.1, -0.05) is 37.8 Å². The molecule has 0 bridgehead atoms. The summed E-state index contributed by atoms with van der Waals surface area (Å²) < 4.78 is 0. The molecule has 4 heteroatoms. The van der Waals surface area contributed by atoms with Crippen LogP contribution in [0.5, 0.6) is 0 Å². The zero-order valence-electron chi connectivity index (χ0n) is 10.2. The van der Waals surface area contributed by atoms with Gasteiger partial charge in [-0.3, -0.25) is 0 Å². The molecule has 0 radical (unpaired) electrons. The molecule has 0 spiro atoms. The molecule has 0 aromatic carbocycles. The highest BCUT2D eigenvalue weighted by Gasteiger charge is 2.20. The number of hydrogen-bond donors (Lipinski definition) is 2. The van der Waals surface area contributed by atoms with Crippen molar-refractivity contribution in [3.8, 4) is 0 Å². The molecule has 0 amide bonds. The Hall–Kier alpha value is -0.960. The Bertz CT molecular complexity index is 381. The molecule has 3 nitrogen and oxygen atoms in total. The molecule has 3 N–H and O–H groups in total. The number of rotatable bonds is 2. The van der Waals surface area contributed by atoms with E-state index in [4.69, 9.17) is 17.3 Å². The molecule has 2 rings (SSSR count). The van der Waals surface area contributed by atoms with Gasteiger partial charge in [0.15, 0.2) is 0 Å². The van der Waals surface area contributed by atoms with E-state index in [1.54, 1.807) is 12.3 Å². The summed E-state index contributed by atoms with van der Waals surface area (Å²) in [5, 5.41) is 4.06. The Morgan fingerprint density at radius 2 is 2.12 bits per heavy atom. The number of nitrogens with zero attached hydrogens (tertiary/aromatic N) is 1. The predicted octanol–water partition coefficient (Wildman–Crippen LogP) is 3.70. The Kier molecular flexibility index (Phi) is 4.11. The molecule has 0 aliphatic heterocycles. The maximum Gasteiger partial charge on any atom is 0.149 e. The highest BCUT2D eigenvalue weighted by Crippen LogP contribution is 2.27. The SMILES string of the molecule is CC1CCCCCC1Nc1ncc(Cl)cc1N. The molecule has 1 heterocycles. The summed E-state index contributed by atoms with van der Waals surface area (Å²) in [6.07, 6.45) is 8.09. The zero-order valence-corrected chi connectivity index (χ0v) is 11.0. The normalized spacial score (nSPS) is 25.3. The summed E-state index contributed by atoms with van der Waals surface area (Å²) >= 11 is 5.84. The van der Waals surface area contributed by atoms with Crippen LogP contribution >= 0.6 is 11.6 Å². The van der Waals surface area contributed by atoms with Gasteiger partial charge in [0.25, 0.3) is 0 Å².